The van der Waals surface area contributed by atoms with Gasteiger partial charge in [0.1, 0.15) is 0 Å². The smallest absolute Gasteiger partial charge is 0.238 e. The third-order valence-electron chi connectivity index (χ3n) is 4.29. The van der Waals surface area contributed by atoms with Crippen LogP contribution in [0.1, 0.15) is 11.1 Å². The highest BCUT2D eigenvalue weighted by Crippen LogP contribution is 2.33. The Balaban J connectivity index is 1.77. The minimum Gasteiger partial charge on any atom is -0.368 e. The number of fused-ring (bicyclic) bond motifs is 1. The highest BCUT2D eigenvalue weighted by molar-refractivity contribution is 6.42. The summed E-state index contributed by atoms with van der Waals surface area (Å²) in [6, 6.07) is 10.2. The molecule has 0 spiro atoms. The normalized spacial score (nSPS) is 16.8. The lowest BCUT2D eigenvalue weighted by atomic mass is 9.93. The zero-order valence-corrected chi connectivity index (χ0v) is 15.9. The standard InChI is InChI=1S/C18H16Cl3N3O2/c19-12-6-13(20)17(14(21)7-12)23-16(25)9-24-8-11-4-2-1-3-10(11)5-15(24)18(22)26/h1-4,6-7,15H,5,8-9H2,(H2,22,26)(H,23,25)/t15-/m0/s1. The summed E-state index contributed by atoms with van der Waals surface area (Å²) in [7, 11) is 0. The molecule has 1 heterocycles. The number of carbonyl (C=O) groups is 2. The van der Waals surface area contributed by atoms with Crippen molar-refractivity contribution >= 4 is 52.3 Å². The van der Waals surface area contributed by atoms with Crippen molar-refractivity contribution in [2.45, 2.75) is 19.0 Å². The number of nitrogens with zero attached hydrogens (tertiary/aromatic N) is 1. The summed E-state index contributed by atoms with van der Waals surface area (Å²) in [5.41, 5.74) is 7.96. The van der Waals surface area contributed by atoms with Gasteiger partial charge in [-0.25, -0.2) is 0 Å². The Morgan fingerprint density at radius 2 is 1.73 bits per heavy atom. The second kappa shape index (κ2) is 7.84. The maximum absolute atomic E-state index is 12.5. The molecule has 0 aromatic heterocycles. The summed E-state index contributed by atoms with van der Waals surface area (Å²) in [5.74, 6) is -0.809. The van der Waals surface area contributed by atoms with Gasteiger partial charge in [0.15, 0.2) is 0 Å². The highest BCUT2D eigenvalue weighted by Gasteiger charge is 2.31. The van der Waals surface area contributed by atoms with Crippen LogP contribution in [0.3, 0.4) is 0 Å². The van der Waals surface area contributed by atoms with Crippen molar-refractivity contribution < 1.29 is 9.59 Å². The van der Waals surface area contributed by atoms with Crippen LogP contribution in [0.5, 0.6) is 0 Å². The Kier molecular flexibility index (Phi) is 5.73. The summed E-state index contributed by atoms with van der Waals surface area (Å²) in [6.07, 6.45) is 0.473. The van der Waals surface area contributed by atoms with Crippen LogP contribution in [0.4, 0.5) is 5.69 Å². The molecule has 3 rings (SSSR count). The summed E-state index contributed by atoms with van der Waals surface area (Å²) < 4.78 is 0. The summed E-state index contributed by atoms with van der Waals surface area (Å²) in [6.45, 7) is 0.441. The third kappa shape index (κ3) is 4.13. The predicted octanol–water partition coefficient (Wildman–Crippen LogP) is 3.50. The molecule has 2 aromatic carbocycles. The van der Waals surface area contributed by atoms with Crippen LogP contribution in [0.2, 0.25) is 15.1 Å². The van der Waals surface area contributed by atoms with Crippen LogP contribution >= 0.6 is 34.8 Å². The van der Waals surface area contributed by atoms with Crippen LogP contribution in [0, 0.1) is 0 Å². The number of primary amides is 1. The monoisotopic (exact) mass is 411 g/mol. The van der Waals surface area contributed by atoms with Gasteiger partial charge in [0, 0.05) is 11.6 Å². The Morgan fingerprint density at radius 1 is 1.12 bits per heavy atom. The van der Waals surface area contributed by atoms with Gasteiger partial charge in [-0.15, -0.1) is 0 Å². The number of carbonyl (C=O) groups excluding carboxylic acids is 2. The van der Waals surface area contributed by atoms with Crippen LogP contribution in [-0.2, 0) is 22.6 Å². The molecule has 0 saturated carbocycles. The molecular formula is C18H16Cl3N3O2. The predicted molar refractivity (Wildman–Crippen MR) is 104 cm³/mol. The number of halogens is 3. The van der Waals surface area contributed by atoms with Gasteiger partial charge in [0.25, 0.3) is 0 Å². The Hall–Kier alpha value is -1.79. The first-order valence-electron chi connectivity index (χ1n) is 7.89. The van der Waals surface area contributed by atoms with Crippen LogP contribution < -0.4 is 11.1 Å². The van der Waals surface area contributed by atoms with Crippen molar-refractivity contribution in [3.8, 4) is 0 Å². The van der Waals surface area contributed by atoms with Crippen molar-refractivity contribution in [3.63, 3.8) is 0 Å². The molecule has 1 aliphatic heterocycles. The van der Waals surface area contributed by atoms with Gasteiger partial charge in [0.2, 0.25) is 11.8 Å². The minimum absolute atomic E-state index is 0.0166. The zero-order valence-electron chi connectivity index (χ0n) is 13.6. The van der Waals surface area contributed by atoms with Crippen molar-refractivity contribution in [3.05, 3.63) is 62.6 Å². The van der Waals surface area contributed by atoms with E-state index in [1.165, 1.54) is 12.1 Å². The van der Waals surface area contributed by atoms with Gasteiger partial charge in [-0.3, -0.25) is 14.5 Å². The first kappa shape index (κ1) is 19.0. The maximum atomic E-state index is 12.5. The molecule has 2 aromatic rings. The van der Waals surface area contributed by atoms with Crippen LogP contribution in [0.25, 0.3) is 0 Å². The number of nitrogens with two attached hydrogens (primary N) is 1. The minimum atomic E-state index is -0.549. The molecule has 26 heavy (non-hydrogen) atoms. The molecule has 136 valence electrons. The lowest BCUT2D eigenvalue weighted by Crippen LogP contribution is -2.50. The Morgan fingerprint density at radius 3 is 2.35 bits per heavy atom. The van der Waals surface area contributed by atoms with Gasteiger partial charge < -0.3 is 11.1 Å². The van der Waals surface area contributed by atoms with Crippen molar-refractivity contribution in [1.82, 2.24) is 4.90 Å². The highest BCUT2D eigenvalue weighted by atomic mass is 35.5. The average Bonchev–Trinajstić information content (AvgIpc) is 2.57. The van der Waals surface area contributed by atoms with Gasteiger partial charge in [-0.1, -0.05) is 59.1 Å². The third-order valence-corrected chi connectivity index (χ3v) is 5.11. The lowest BCUT2D eigenvalue weighted by Gasteiger charge is -2.34. The quantitative estimate of drug-likeness (QED) is 0.807. The molecule has 1 aliphatic rings. The van der Waals surface area contributed by atoms with Crippen LogP contribution in [-0.4, -0.2) is 29.3 Å². The maximum Gasteiger partial charge on any atom is 0.238 e. The van der Waals surface area contributed by atoms with E-state index in [1.807, 2.05) is 24.3 Å². The fourth-order valence-corrected chi connectivity index (χ4v) is 3.96. The van der Waals surface area contributed by atoms with E-state index in [9.17, 15) is 9.59 Å². The van der Waals surface area contributed by atoms with E-state index in [0.717, 1.165) is 11.1 Å². The molecule has 2 amide bonds. The lowest BCUT2D eigenvalue weighted by molar-refractivity contribution is -0.125. The SMILES string of the molecule is NC(=O)[C@@H]1Cc2ccccc2CN1CC(=O)Nc1c(Cl)cc(Cl)cc1Cl. The zero-order chi connectivity index (χ0) is 18.8. The topological polar surface area (TPSA) is 75.4 Å². The molecule has 0 saturated heterocycles. The molecule has 3 N–H and O–H groups in total. The van der Waals surface area contributed by atoms with E-state index in [0.29, 0.717) is 18.0 Å². The fraction of sp³-hybridized carbons (Fsp3) is 0.222. The molecule has 0 radical (unpaired) electrons. The second-order valence-corrected chi connectivity index (χ2v) is 7.34. The molecular weight excluding hydrogens is 397 g/mol. The Bertz CT molecular complexity index is 850. The molecule has 0 aliphatic carbocycles. The molecule has 1 atom stereocenters. The molecule has 8 heteroatoms. The van der Waals surface area contributed by atoms with E-state index < -0.39 is 11.9 Å². The number of benzene rings is 2. The number of amides is 2. The van der Waals surface area contributed by atoms with E-state index >= 15 is 0 Å². The fourth-order valence-electron chi connectivity index (χ4n) is 3.05. The second-order valence-electron chi connectivity index (χ2n) is 6.09. The van der Waals surface area contributed by atoms with Crippen molar-refractivity contribution in [1.29, 1.82) is 0 Å². The number of nitrogens with one attached hydrogen (secondary N) is 1. The average molecular weight is 413 g/mol. The first-order valence-corrected chi connectivity index (χ1v) is 9.03. The molecule has 0 bridgehead atoms. The summed E-state index contributed by atoms with van der Waals surface area (Å²) in [4.78, 5) is 26.1. The van der Waals surface area contributed by atoms with E-state index in [-0.39, 0.29) is 28.2 Å². The van der Waals surface area contributed by atoms with Gasteiger partial charge in [-0.2, -0.15) is 0 Å². The van der Waals surface area contributed by atoms with Gasteiger partial charge in [0.05, 0.1) is 28.3 Å². The first-order chi connectivity index (χ1) is 12.3. The Labute approximate surface area is 166 Å². The van der Waals surface area contributed by atoms with Crippen molar-refractivity contribution in [2.75, 3.05) is 11.9 Å². The van der Waals surface area contributed by atoms with E-state index in [1.54, 1.807) is 4.90 Å². The molecule has 0 fully saturated rings. The van der Waals surface area contributed by atoms with E-state index in [2.05, 4.69) is 5.32 Å². The summed E-state index contributed by atoms with van der Waals surface area (Å²) in [5, 5.41) is 3.54. The summed E-state index contributed by atoms with van der Waals surface area (Å²) >= 11 is 18.1. The molecule has 0 unspecified atom stereocenters. The van der Waals surface area contributed by atoms with E-state index in [4.69, 9.17) is 40.5 Å². The van der Waals surface area contributed by atoms with Gasteiger partial charge in [-0.05, 0) is 29.7 Å². The van der Waals surface area contributed by atoms with Crippen LogP contribution in [0.15, 0.2) is 36.4 Å². The largest absolute Gasteiger partial charge is 0.368 e. The van der Waals surface area contributed by atoms with Gasteiger partial charge >= 0.3 is 0 Å². The number of rotatable bonds is 4. The van der Waals surface area contributed by atoms with Crippen molar-refractivity contribution in [2.24, 2.45) is 5.73 Å². The molecule has 5 nitrogen and oxygen atoms in total. The number of anilines is 1. The number of hydrogen-bond donors (Lipinski definition) is 2. The number of hydrogen-bond acceptors (Lipinski definition) is 3.